The number of rotatable bonds is 3. The minimum atomic E-state index is 0.811. The SMILES string of the molecule is Nc1cccc(CCc2nc3ccc(Br)cc3[nH]2)c1. The van der Waals surface area contributed by atoms with Gasteiger partial charge in [0.05, 0.1) is 11.0 Å². The molecule has 0 spiro atoms. The third-order valence-electron chi connectivity index (χ3n) is 3.09. The lowest BCUT2D eigenvalue weighted by Gasteiger charge is -2.00. The van der Waals surface area contributed by atoms with E-state index in [1.54, 1.807) is 0 Å². The minimum absolute atomic E-state index is 0.811. The predicted molar refractivity (Wildman–Crippen MR) is 82.1 cm³/mol. The monoisotopic (exact) mass is 315 g/mol. The van der Waals surface area contributed by atoms with Crippen LogP contribution in [0.15, 0.2) is 46.9 Å². The summed E-state index contributed by atoms with van der Waals surface area (Å²) in [6.07, 6.45) is 1.82. The summed E-state index contributed by atoms with van der Waals surface area (Å²) in [5, 5.41) is 0. The standard InChI is InChI=1S/C15H14BrN3/c16-11-5-6-13-14(9-11)19-15(18-13)7-4-10-2-1-3-12(17)8-10/h1-3,5-6,8-9H,4,7,17H2,(H,18,19). The highest BCUT2D eigenvalue weighted by molar-refractivity contribution is 9.10. The fourth-order valence-electron chi connectivity index (χ4n) is 2.16. The summed E-state index contributed by atoms with van der Waals surface area (Å²) in [5.41, 5.74) is 9.90. The Kier molecular flexibility index (Phi) is 3.25. The summed E-state index contributed by atoms with van der Waals surface area (Å²) in [6.45, 7) is 0. The van der Waals surface area contributed by atoms with E-state index < -0.39 is 0 Å². The number of benzene rings is 2. The molecule has 1 heterocycles. The first-order valence-electron chi connectivity index (χ1n) is 6.19. The molecule has 3 rings (SSSR count). The molecule has 1 aromatic heterocycles. The molecule has 0 aliphatic carbocycles. The average molecular weight is 316 g/mol. The van der Waals surface area contributed by atoms with Crippen molar-refractivity contribution >= 4 is 32.7 Å². The molecule has 3 nitrogen and oxygen atoms in total. The first-order valence-corrected chi connectivity index (χ1v) is 6.98. The summed E-state index contributed by atoms with van der Waals surface area (Å²) in [6, 6.07) is 14.1. The zero-order valence-electron chi connectivity index (χ0n) is 10.4. The van der Waals surface area contributed by atoms with Gasteiger partial charge in [-0.05, 0) is 42.3 Å². The lowest BCUT2D eigenvalue weighted by atomic mass is 10.1. The number of anilines is 1. The van der Waals surface area contributed by atoms with E-state index in [1.165, 1.54) is 5.56 Å². The number of hydrogen-bond acceptors (Lipinski definition) is 2. The van der Waals surface area contributed by atoms with Gasteiger partial charge in [-0.25, -0.2) is 4.98 Å². The van der Waals surface area contributed by atoms with Gasteiger partial charge in [-0.15, -0.1) is 0 Å². The Hall–Kier alpha value is -1.81. The fourth-order valence-corrected chi connectivity index (χ4v) is 2.53. The molecule has 0 aliphatic heterocycles. The number of fused-ring (bicyclic) bond motifs is 1. The predicted octanol–water partition coefficient (Wildman–Crippen LogP) is 3.69. The van der Waals surface area contributed by atoms with Gasteiger partial charge in [0.1, 0.15) is 5.82 Å². The van der Waals surface area contributed by atoms with Gasteiger partial charge >= 0.3 is 0 Å². The number of imidazole rings is 1. The molecule has 0 bridgehead atoms. The van der Waals surface area contributed by atoms with Crippen molar-refractivity contribution in [2.75, 3.05) is 5.73 Å². The Morgan fingerprint density at radius 3 is 2.84 bits per heavy atom. The third kappa shape index (κ3) is 2.79. The molecule has 19 heavy (non-hydrogen) atoms. The number of aromatic nitrogens is 2. The Morgan fingerprint density at radius 1 is 1.11 bits per heavy atom. The molecule has 2 aromatic carbocycles. The number of aryl methyl sites for hydroxylation is 2. The second-order valence-electron chi connectivity index (χ2n) is 4.59. The van der Waals surface area contributed by atoms with Gasteiger partial charge in [0.2, 0.25) is 0 Å². The molecule has 0 aliphatic rings. The van der Waals surface area contributed by atoms with Crippen LogP contribution in [0.1, 0.15) is 11.4 Å². The maximum atomic E-state index is 5.78. The number of nitrogens with zero attached hydrogens (tertiary/aromatic N) is 1. The zero-order chi connectivity index (χ0) is 13.2. The van der Waals surface area contributed by atoms with Gasteiger partial charge < -0.3 is 10.7 Å². The molecule has 0 fully saturated rings. The van der Waals surface area contributed by atoms with Crippen molar-refractivity contribution in [2.45, 2.75) is 12.8 Å². The average Bonchev–Trinajstić information content (AvgIpc) is 2.78. The number of H-pyrrole nitrogens is 1. The van der Waals surface area contributed by atoms with Crippen molar-refractivity contribution in [3.8, 4) is 0 Å². The van der Waals surface area contributed by atoms with Gasteiger partial charge in [0, 0.05) is 16.6 Å². The fraction of sp³-hybridized carbons (Fsp3) is 0.133. The van der Waals surface area contributed by atoms with E-state index in [2.05, 4.69) is 32.0 Å². The molecule has 0 unspecified atom stereocenters. The lowest BCUT2D eigenvalue weighted by Crippen LogP contribution is -1.94. The normalized spacial score (nSPS) is 11.0. The van der Waals surface area contributed by atoms with Crippen LogP contribution in [0.5, 0.6) is 0 Å². The van der Waals surface area contributed by atoms with E-state index in [1.807, 2.05) is 36.4 Å². The van der Waals surface area contributed by atoms with E-state index in [0.29, 0.717) is 0 Å². The van der Waals surface area contributed by atoms with Gasteiger partial charge in [-0.1, -0.05) is 28.1 Å². The highest BCUT2D eigenvalue weighted by Gasteiger charge is 2.03. The molecule has 0 amide bonds. The molecule has 0 saturated carbocycles. The number of halogens is 1. The highest BCUT2D eigenvalue weighted by atomic mass is 79.9. The quantitative estimate of drug-likeness (QED) is 0.724. The van der Waals surface area contributed by atoms with Crippen molar-refractivity contribution in [1.29, 1.82) is 0 Å². The molecule has 4 heteroatoms. The van der Waals surface area contributed by atoms with Crippen molar-refractivity contribution in [3.63, 3.8) is 0 Å². The van der Waals surface area contributed by atoms with Crippen LogP contribution in [0, 0.1) is 0 Å². The Labute approximate surface area is 120 Å². The molecule has 3 aromatic rings. The zero-order valence-corrected chi connectivity index (χ0v) is 11.9. The molecule has 0 saturated heterocycles. The second kappa shape index (κ2) is 5.05. The summed E-state index contributed by atoms with van der Waals surface area (Å²) >= 11 is 3.46. The number of nitrogens with one attached hydrogen (secondary N) is 1. The van der Waals surface area contributed by atoms with Crippen molar-refractivity contribution < 1.29 is 0 Å². The van der Waals surface area contributed by atoms with Gasteiger partial charge in [0.25, 0.3) is 0 Å². The van der Waals surface area contributed by atoms with Crippen molar-refractivity contribution in [3.05, 3.63) is 58.3 Å². The first-order chi connectivity index (χ1) is 9.20. The molecule has 3 N–H and O–H groups in total. The van der Waals surface area contributed by atoms with E-state index in [0.717, 1.165) is 39.9 Å². The number of hydrogen-bond donors (Lipinski definition) is 2. The third-order valence-corrected chi connectivity index (χ3v) is 3.59. The topological polar surface area (TPSA) is 54.7 Å². The maximum Gasteiger partial charge on any atom is 0.107 e. The van der Waals surface area contributed by atoms with Gasteiger partial charge in [-0.2, -0.15) is 0 Å². The van der Waals surface area contributed by atoms with Crippen LogP contribution in [0.4, 0.5) is 5.69 Å². The van der Waals surface area contributed by atoms with Gasteiger partial charge in [-0.3, -0.25) is 0 Å². The first kappa shape index (κ1) is 12.2. The Morgan fingerprint density at radius 2 is 2.00 bits per heavy atom. The van der Waals surface area contributed by atoms with E-state index in [9.17, 15) is 0 Å². The smallest absolute Gasteiger partial charge is 0.107 e. The summed E-state index contributed by atoms with van der Waals surface area (Å²) in [7, 11) is 0. The Bertz CT molecular complexity index is 718. The van der Waals surface area contributed by atoms with E-state index >= 15 is 0 Å². The number of nitrogens with two attached hydrogens (primary N) is 1. The van der Waals surface area contributed by atoms with Crippen LogP contribution in [0.2, 0.25) is 0 Å². The minimum Gasteiger partial charge on any atom is -0.399 e. The number of nitrogen functional groups attached to an aromatic ring is 1. The summed E-state index contributed by atoms with van der Waals surface area (Å²) < 4.78 is 1.06. The largest absolute Gasteiger partial charge is 0.399 e. The molecular weight excluding hydrogens is 302 g/mol. The van der Waals surface area contributed by atoms with Crippen molar-refractivity contribution in [2.24, 2.45) is 0 Å². The molecule has 0 atom stereocenters. The molecule has 96 valence electrons. The van der Waals surface area contributed by atoms with Crippen LogP contribution in [0.3, 0.4) is 0 Å². The van der Waals surface area contributed by atoms with Gasteiger partial charge in [0.15, 0.2) is 0 Å². The van der Waals surface area contributed by atoms with Crippen LogP contribution >= 0.6 is 15.9 Å². The molecular formula is C15H14BrN3. The van der Waals surface area contributed by atoms with E-state index in [-0.39, 0.29) is 0 Å². The maximum absolute atomic E-state index is 5.78. The van der Waals surface area contributed by atoms with E-state index in [4.69, 9.17) is 5.73 Å². The van der Waals surface area contributed by atoms with Crippen molar-refractivity contribution in [1.82, 2.24) is 9.97 Å². The summed E-state index contributed by atoms with van der Waals surface area (Å²) in [5.74, 6) is 1.01. The lowest BCUT2D eigenvalue weighted by molar-refractivity contribution is 0.890. The van der Waals surface area contributed by atoms with Crippen LogP contribution in [0.25, 0.3) is 11.0 Å². The molecule has 0 radical (unpaired) electrons. The van der Waals surface area contributed by atoms with Crippen LogP contribution in [-0.2, 0) is 12.8 Å². The highest BCUT2D eigenvalue weighted by Crippen LogP contribution is 2.18. The van der Waals surface area contributed by atoms with Crippen LogP contribution in [-0.4, -0.2) is 9.97 Å². The second-order valence-corrected chi connectivity index (χ2v) is 5.51. The van der Waals surface area contributed by atoms with Crippen LogP contribution < -0.4 is 5.73 Å². The Balaban J connectivity index is 1.78. The number of aromatic amines is 1. The summed E-state index contributed by atoms with van der Waals surface area (Å²) in [4.78, 5) is 7.93.